The maximum atomic E-state index is 5.41. The molecular formula is C7H18N2. The number of rotatable bonds is 5. The molecule has 0 aromatic heterocycles. The van der Waals surface area contributed by atoms with E-state index in [1.807, 2.05) is 0 Å². The lowest BCUT2D eigenvalue weighted by atomic mass is 10.2. The molecule has 3 N–H and O–H groups in total. The topological polar surface area (TPSA) is 38.0 Å². The number of nitrogens with two attached hydrogens (primary N) is 1. The highest BCUT2D eigenvalue weighted by Crippen LogP contribution is 1.86. The quantitative estimate of drug-likeness (QED) is 0.534. The lowest BCUT2D eigenvalue weighted by Crippen LogP contribution is -2.26. The van der Waals surface area contributed by atoms with Gasteiger partial charge < -0.3 is 11.1 Å². The molecule has 0 aliphatic heterocycles. The van der Waals surface area contributed by atoms with E-state index in [1.54, 1.807) is 0 Å². The van der Waals surface area contributed by atoms with E-state index in [0.717, 1.165) is 19.6 Å². The van der Waals surface area contributed by atoms with Crippen LogP contribution in [0.25, 0.3) is 0 Å². The molecule has 0 aromatic rings. The van der Waals surface area contributed by atoms with Crippen molar-refractivity contribution in [2.75, 3.05) is 19.6 Å². The molecule has 0 spiro atoms. The molecule has 0 bridgehead atoms. The second-order valence-corrected chi connectivity index (χ2v) is 2.54. The van der Waals surface area contributed by atoms with Crippen LogP contribution in [0.5, 0.6) is 0 Å². The molecule has 0 saturated carbocycles. The average Bonchev–Trinajstić information content (AvgIpc) is 1.89. The molecule has 0 aromatic carbocycles. The highest BCUT2D eigenvalue weighted by atomic mass is 14.9. The van der Waals surface area contributed by atoms with Crippen LogP contribution in [0, 0.1) is 5.92 Å². The van der Waals surface area contributed by atoms with Crippen molar-refractivity contribution in [3.8, 4) is 0 Å². The van der Waals surface area contributed by atoms with Gasteiger partial charge in [0.05, 0.1) is 0 Å². The van der Waals surface area contributed by atoms with E-state index >= 15 is 0 Å². The Labute approximate surface area is 57.8 Å². The first-order chi connectivity index (χ1) is 4.31. The molecule has 1 atom stereocenters. The Morgan fingerprint density at radius 1 is 1.56 bits per heavy atom. The van der Waals surface area contributed by atoms with E-state index < -0.39 is 0 Å². The van der Waals surface area contributed by atoms with Gasteiger partial charge in [0, 0.05) is 0 Å². The van der Waals surface area contributed by atoms with Crippen molar-refractivity contribution in [2.24, 2.45) is 11.7 Å². The van der Waals surface area contributed by atoms with Crippen LogP contribution in [0.3, 0.4) is 0 Å². The first-order valence-corrected chi connectivity index (χ1v) is 3.72. The van der Waals surface area contributed by atoms with Gasteiger partial charge in [-0.15, -0.1) is 0 Å². The zero-order valence-electron chi connectivity index (χ0n) is 6.48. The van der Waals surface area contributed by atoms with Crippen molar-refractivity contribution < 1.29 is 0 Å². The Kier molecular flexibility index (Phi) is 5.99. The largest absolute Gasteiger partial charge is 0.330 e. The summed E-state index contributed by atoms with van der Waals surface area (Å²) in [6.45, 7) is 7.29. The summed E-state index contributed by atoms with van der Waals surface area (Å²) in [5, 5.41) is 3.31. The van der Waals surface area contributed by atoms with Crippen molar-refractivity contribution in [3.63, 3.8) is 0 Å². The molecule has 0 radical (unpaired) electrons. The fraction of sp³-hybridized carbons (Fsp3) is 1.00. The molecule has 56 valence electrons. The summed E-state index contributed by atoms with van der Waals surface area (Å²) in [7, 11) is 0. The minimum Gasteiger partial charge on any atom is -0.330 e. The smallest absolute Gasteiger partial charge is 0.00111 e. The summed E-state index contributed by atoms with van der Waals surface area (Å²) < 4.78 is 0. The van der Waals surface area contributed by atoms with E-state index in [4.69, 9.17) is 5.73 Å². The maximum absolute atomic E-state index is 5.41. The molecule has 0 amide bonds. The van der Waals surface area contributed by atoms with Crippen molar-refractivity contribution in [3.05, 3.63) is 0 Å². The van der Waals surface area contributed by atoms with Gasteiger partial charge in [0.15, 0.2) is 0 Å². The van der Waals surface area contributed by atoms with Crippen molar-refractivity contribution >= 4 is 0 Å². The van der Waals surface area contributed by atoms with Gasteiger partial charge in [-0.25, -0.2) is 0 Å². The van der Waals surface area contributed by atoms with Gasteiger partial charge in [0.25, 0.3) is 0 Å². The number of nitrogens with one attached hydrogen (secondary N) is 1. The number of hydrogen-bond acceptors (Lipinski definition) is 2. The van der Waals surface area contributed by atoms with Crippen molar-refractivity contribution in [2.45, 2.75) is 20.3 Å². The minimum atomic E-state index is 0.622. The lowest BCUT2D eigenvalue weighted by molar-refractivity contribution is 0.521. The van der Waals surface area contributed by atoms with E-state index in [0.29, 0.717) is 5.92 Å². The molecule has 0 heterocycles. The minimum absolute atomic E-state index is 0.622. The Bertz CT molecular complexity index is 54.9. The molecule has 9 heavy (non-hydrogen) atoms. The van der Waals surface area contributed by atoms with Crippen LogP contribution in [-0.4, -0.2) is 19.6 Å². The normalized spacial score (nSPS) is 13.7. The van der Waals surface area contributed by atoms with E-state index in [9.17, 15) is 0 Å². The Balaban J connectivity index is 2.88. The van der Waals surface area contributed by atoms with Crippen LogP contribution < -0.4 is 11.1 Å². The molecule has 2 heteroatoms. The first kappa shape index (κ1) is 8.92. The third kappa shape index (κ3) is 5.80. The van der Waals surface area contributed by atoms with Crippen molar-refractivity contribution in [1.29, 1.82) is 0 Å². The third-order valence-corrected chi connectivity index (χ3v) is 1.32. The average molecular weight is 130 g/mol. The van der Waals surface area contributed by atoms with Crippen LogP contribution in [-0.2, 0) is 0 Å². The molecule has 0 saturated heterocycles. The SMILES string of the molecule is CCCNCC(C)CN. The summed E-state index contributed by atoms with van der Waals surface area (Å²) in [5.74, 6) is 0.622. The molecule has 1 unspecified atom stereocenters. The highest BCUT2D eigenvalue weighted by molar-refractivity contribution is 4.55. The predicted octanol–water partition coefficient (Wildman–Crippen LogP) is 0.581. The van der Waals surface area contributed by atoms with E-state index in [2.05, 4.69) is 19.2 Å². The maximum Gasteiger partial charge on any atom is -0.00111 e. The monoisotopic (exact) mass is 130 g/mol. The van der Waals surface area contributed by atoms with Crippen LogP contribution >= 0.6 is 0 Å². The van der Waals surface area contributed by atoms with Gasteiger partial charge in [0.2, 0.25) is 0 Å². The van der Waals surface area contributed by atoms with Gasteiger partial charge in [-0.05, 0) is 32.0 Å². The fourth-order valence-corrected chi connectivity index (χ4v) is 0.609. The predicted molar refractivity (Wildman–Crippen MR) is 41.4 cm³/mol. The Hall–Kier alpha value is -0.0800. The first-order valence-electron chi connectivity index (χ1n) is 3.72. The molecule has 0 fully saturated rings. The van der Waals surface area contributed by atoms with Gasteiger partial charge in [-0.3, -0.25) is 0 Å². The lowest BCUT2D eigenvalue weighted by Gasteiger charge is -2.07. The summed E-state index contributed by atoms with van der Waals surface area (Å²) in [6.07, 6.45) is 1.21. The van der Waals surface area contributed by atoms with Crippen LogP contribution in [0.15, 0.2) is 0 Å². The van der Waals surface area contributed by atoms with Crippen LogP contribution in [0.1, 0.15) is 20.3 Å². The fourth-order valence-electron chi connectivity index (χ4n) is 0.609. The highest BCUT2D eigenvalue weighted by Gasteiger charge is 1.94. The van der Waals surface area contributed by atoms with E-state index in [-0.39, 0.29) is 0 Å². The zero-order chi connectivity index (χ0) is 7.11. The molecular weight excluding hydrogens is 112 g/mol. The molecule has 0 rings (SSSR count). The van der Waals surface area contributed by atoms with Crippen LogP contribution in [0.2, 0.25) is 0 Å². The summed E-state index contributed by atoms with van der Waals surface area (Å²) in [4.78, 5) is 0. The summed E-state index contributed by atoms with van der Waals surface area (Å²) in [5.41, 5.74) is 5.41. The van der Waals surface area contributed by atoms with Gasteiger partial charge in [-0.2, -0.15) is 0 Å². The summed E-state index contributed by atoms with van der Waals surface area (Å²) >= 11 is 0. The number of hydrogen-bond donors (Lipinski definition) is 2. The molecule has 2 nitrogen and oxygen atoms in total. The van der Waals surface area contributed by atoms with Crippen molar-refractivity contribution in [1.82, 2.24) is 5.32 Å². The van der Waals surface area contributed by atoms with E-state index in [1.165, 1.54) is 6.42 Å². The van der Waals surface area contributed by atoms with Gasteiger partial charge in [0.1, 0.15) is 0 Å². The second-order valence-electron chi connectivity index (χ2n) is 2.54. The van der Waals surface area contributed by atoms with Gasteiger partial charge in [-0.1, -0.05) is 13.8 Å². The van der Waals surface area contributed by atoms with Gasteiger partial charge >= 0.3 is 0 Å². The van der Waals surface area contributed by atoms with Crippen LogP contribution in [0.4, 0.5) is 0 Å². The Morgan fingerprint density at radius 2 is 2.22 bits per heavy atom. The molecule has 0 aliphatic carbocycles. The third-order valence-electron chi connectivity index (χ3n) is 1.32. The summed E-state index contributed by atoms with van der Waals surface area (Å²) in [6, 6.07) is 0. The molecule has 0 aliphatic rings. The zero-order valence-corrected chi connectivity index (χ0v) is 6.48. The standard InChI is InChI=1S/C7H18N2/c1-3-4-9-6-7(2)5-8/h7,9H,3-6,8H2,1-2H3. The Morgan fingerprint density at radius 3 is 2.67 bits per heavy atom. The second kappa shape index (κ2) is 6.05.